The van der Waals surface area contributed by atoms with Crippen molar-refractivity contribution >= 4 is 43.1 Å². The van der Waals surface area contributed by atoms with E-state index in [1.54, 1.807) is 24.9 Å². The van der Waals surface area contributed by atoms with Gasteiger partial charge in [0.1, 0.15) is 34.5 Å². The molecule has 0 fully saturated rings. The van der Waals surface area contributed by atoms with Crippen molar-refractivity contribution in [3.8, 4) is 89.8 Å². The van der Waals surface area contributed by atoms with Gasteiger partial charge >= 0.3 is 0 Å². The molecule has 16 rings (SSSR count). The normalized spacial score (nSPS) is 11.1. The molecule has 512 valence electrons. The molecule has 10 nitrogen and oxygen atoms in total. The number of aryl methyl sites for hydroxylation is 12. The lowest BCUT2D eigenvalue weighted by Crippen LogP contribution is -2.31. The van der Waals surface area contributed by atoms with E-state index < -0.39 is 0 Å². The van der Waals surface area contributed by atoms with Gasteiger partial charge in [0.05, 0.1) is 83.6 Å². The van der Waals surface area contributed by atoms with E-state index >= 15 is 0 Å². The Morgan fingerprint density at radius 1 is 0.240 bits per heavy atom. The summed E-state index contributed by atoms with van der Waals surface area (Å²) < 4.78 is 8.96. The summed E-state index contributed by atoms with van der Waals surface area (Å²) >= 11 is 0. The first-order valence-electron chi connectivity index (χ1n) is 35.6. The molecule has 0 saturated heterocycles. The summed E-state index contributed by atoms with van der Waals surface area (Å²) in [7, 11) is 8.50. The monoisotopic (exact) mass is 1360 g/mol. The van der Waals surface area contributed by atoms with Crippen molar-refractivity contribution in [2.75, 3.05) is 0 Å². The summed E-state index contributed by atoms with van der Waals surface area (Å²) in [4.78, 5) is 25.7. The molecule has 0 bridgehead atoms. The van der Waals surface area contributed by atoms with E-state index in [2.05, 4.69) is 348 Å². The van der Waals surface area contributed by atoms with Gasteiger partial charge in [0, 0.05) is 70.5 Å². The summed E-state index contributed by atoms with van der Waals surface area (Å²) in [5.74, 6) is 0. The third kappa shape index (κ3) is 14.2. The van der Waals surface area contributed by atoms with Crippen LogP contribution in [0.1, 0.15) is 66.8 Å². The molecule has 104 heavy (non-hydrogen) atoms. The third-order valence-corrected chi connectivity index (χ3v) is 20.5. The van der Waals surface area contributed by atoms with Crippen LogP contribution in [0.15, 0.2) is 257 Å². The number of pyridine rings is 6. The van der Waals surface area contributed by atoms with Gasteiger partial charge in [-0.3, -0.25) is 19.9 Å². The summed E-state index contributed by atoms with van der Waals surface area (Å²) in [6.07, 6.45) is 24.9. The van der Waals surface area contributed by atoms with E-state index in [-0.39, 0.29) is 0 Å². The zero-order valence-corrected chi connectivity index (χ0v) is 62.7. The van der Waals surface area contributed by atoms with E-state index in [4.69, 9.17) is 0 Å². The molecule has 0 radical (unpaired) electrons. The van der Waals surface area contributed by atoms with Crippen LogP contribution in [0.2, 0.25) is 0 Å². The lowest BCUT2D eigenvalue weighted by Gasteiger charge is -2.13. The lowest BCUT2D eigenvalue weighted by atomic mass is 9.92. The Bertz CT molecular complexity index is 5180. The SMILES string of the molecule is Cc1cc(C)c(C)c(-c2c3ccccc3c(-c3cccnc3)c[n+]2C)c1.Cc1cc(C)c(C)c(-c2c3ccccc3c(-c3ccncc3)c[n+]2C)c1.Cc1cc(C)c(C)c(-c2c3ccccc3c(-c3ccncn3)c[n+]2C)c1.Cc1cc(C)c(C)c(-c2c3ccccc3c(-c3cnccn3)c[n+]2C)c1. The molecular formula is C94H90N10+4. The minimum Gasteiger partial charge on any atom is -0.265 e. The van der Waals surface area contributed by atoms with Gasteiger partial charge in [0.25, 0.3) is 0 Å². The van der Waals surface area contributed by atoms with E-state index in [1.807, 2.05) is 43.1 Å². The Morgan fingerprint density at radius 2 is 0.577 bits per heavy atom. The molecule has 0 aliphatic carbocycles. The van der Waals surface area contributed by atoms with Gasteiger partial charge in [0.2, 0.25) is 22.8 Å². The zero-order valence-electron chi connectivity index (χ0n) is 62.7. The number of nitrogens with zero attached hydrogens (tertiary/aromatic N) is 10. The smallest absolute Gasteiger partial charge is 0.220 e. The molecule has 8 aromatic heterocycles. The van der Waals surface area contributed by atoms with Crippen molar-refractivity contribution in [2.45, 2.75) is 83.1 Å². The highest BCUT2D eigenvalue weighted by atomic mass is 14.9. The second-order valence-electron chi connectivity index (χ2n) is 27.9. The molecule has 0 aliphatic heterocycles. The fourth-order valence-corrected chi connectivity index (χ4v) is 15.1. The van der Waals surface area contributed by atoms with E-state index in [1.165, 1.54) is 172 Å². The summed E-state index contributed by atoms with van der Waals surface area (Å²) in [6, 6.07) is 62.9. The number of aromatic nitrogens is 10. The molecule has 0 unspecified atom stereocenters. The van der Waals surface area contributed by atoms with Crippen LogP contribution in [0.25, 0.3) is 133 Å². The van der Waals surface area contributed by atoms with Crippen LogP contribution in [0.3, 0.4) is 0 Å². The van der Waals surface area contributed by atoms with Gasteiger partial charge in [0.15, 0.2) is 24.8 Å². The first kappa shape index (κ1) is 70.3. The molecule has 8 aromatic carbocycles. The van der Waals surface area contributed by atoms with Gasteiger partial charge in [-0.15, -0.1) is 0 Å². The summed E-state index contributed by atoms with van der Waals surface area (Å²) in [5.41, 5.74) is 34.8. The van der Waals surface area contributed by atoms with Crippen LogP contribution in [-0.2, 0) is 28.2 Å². The van der Waals surface area contributed by atoms with Crippen LogP contribution in [0.5, 0.6) is 0 Å². The van der Waals surface area contributed by atoms with Gasteiger partial charge < -0.3 is 0 Å². The number of hydrogen-bond donors (Lipinski definition) is 0. The average molecular weight is 1360 g/mol. The van der Waals surface area contributed by atoms with Crippen LogP contribution < -0.4 is 18.3 Å². The molecule has 0 atom stereocenters. The Hall–Kier alpha value is -12.1. The quantitative estimate of drug-likeness (QED) is 0.141. The molecule has 8 heterocycles. The largest absolute Gasteiger partial charge is 0.265 e. The highest BCUT2D eigenvalue weighted by Crippen LogP contribution is 2.40. The zero-order chi connectivity index (χ0) is 73.0. The first-order chi connectivity index (χ1) is 50.2. The minimum absolute atomic E-state index is 0.892. The van der Waals surface area contributed by atoms with Crippen molar-refractivity contribution < 1.29 is 18.3 Å². The molecule has 0 N–H and O–H groups in total. The molecular weight excluding hydrogens is 1270 g/mol. The van der Waals surface area contributed by atoms with Crippen LogP contribution in [0.4, 0.5) is 0 Å². The van der Waals surface area contributed by atoms with Gasteiger partial charge in [-0.25, -0.2) is 9.97 Å². The number of benzene rings is 8. The molecule has 0 aliphatic rings. The van der Waals surface area contributed by atoms with Crippen molar-refractivity contribution in [2.24, 2.45) is 28.2 Å². The van der Waals surface area contributed by atoms with Crippen LogP contribution >= 0.6 is 0 Å². The van der Waals surface area contributed by atoms with E-state index in [0.717, 1.165) is 28.1 Å². The molecule has 10 heteroatoms. The fourth-order valence-electron chi connectivity index (χ4n) is 15.1. The van der Waals surface area contributed by atoms with Gasteiger partial charge in [-0.1, -0.05) is 125 Å². The highest BCUT2D eigenvalue weighted by molar-refractivity contribution is 6.05. The Kier molecular flexibility index (Phi) is 20.4. The predicted molar refractivity (Wildman–Crippen MR) is 428 cm³/mol. The second-order valence-corrected chi connectivity index (χ2v) is 27.9. The number of hydrogen-bond acceptors (Lipinski definition) is 6. The lowest BCUT2D eigenvalue weighted by molar-refractivity contribution is -0.658. The van der Waals surface area contributed by atoms with Gasteiger partial charge in [-0.2, -0.15) is 18.3 Å². The summed E-state index contributed by atoms with van der Waals surface area (Å²) in [6.45, 7) is 26.3. The Labute approximate surface area is 612 Å². The summed E-state index contributed by atoms with van der Waals surface area (Å²) in [5, 5.41) is 9.93. The van der Waals surface area contributed by atoms with Crippen molar-refractivity contribution in [1.29, 1.82) is 0 Å². The first-order valence-corrected chi connectivity index (χ1v) is 35.6. The second kappa shape index (κ2) is 30.2. The van der Waals surface area contributed by atoms with Crippen molar-refractivity contribution in [3.63, 3.8) is 0 Å². The maximum absolute atomic E-state index is 4.51. The topological polar surface area (TPSA) is 92.9 Å². The van der Waals surface area contributed by atoms with Crippen molar-refractivity contribution in [1.82, 2.24) is 29.9 Å². The molecule has 0 spiro atoms. The van der Waals surface area contributed by atoms with Crippen molar-refractivity contribution in [3.05, 3.63) is 323 Å². The van der Waals surface area contributed by atoms with Crippen LogP contribution in [-0.4, -0.2) is 29.9 Å². The molecule has 0 saturated carbocycles. The van der Waals surface area contributed by atoms with E-state index in [0.29, 0.717) is 0 Å². The van der Waals surface area contributed by atoms with Crippen LogP contribution in [0, 0.1) is 83.1 Å². The van der Waals surface area contributed by atoms with E-state index in [9.17, 15) is 0 Å². The number of fused-ring (bicyclic) bond motifs is 4. The maximum Gasteiger partial charge on any atom is 0.220 e. The molecule has 16 aromatic rings. The average Bonchev–Trinajstić information content (AvgIpc) is 0.774. The minimum atomic E-state index is 0.892. The van der Waals surface area contributed by atoms with Gasteiger partial charge in [-0.05, 0) is 206 Å². The molecule has 0 amide bonds. The maximum atomic E-state index is 4.51. The Morgan fingerprint density at radius 3 is 0.923 bits per heavy atom. The highest BCUT2D eigenvalue weighted by Gasteiger charge is 2.27. The fraction of sp³-hybridized carbons (Fsp3) is 0.170. The predicted octanol–water partition coefficient (Wildman–Crippen LogP) is 20.1. The third-order valence-electron chi connectivity index (χ3n) is 20.5. The number of rotatable bonds is 8. The standard InChI is InChI=1S/2C24H23N2.2C23H22N3/c1-16-12-17(2)18(3)22(13-16)24-21-10-6-5-9-20(21)23(15-26(24)4)19-8-7-11-25-14-19;1-16-13-17(2)18(3)22(14-16)24-21-8-6-5-7-20(21)23(15-26(24)4)19-9-11-25-12-10-19;1-15-11-16(2)17(3)20(12-15)23-19-8-6-5-7-18(19)21(14-26(23)4)22-13-24-9-10-25-22;1-15-11-16(2)17(3)20(12-15)23-19-8-6-5-7-18(19)21(13-26(23)4)22-9-10-24-14-25-22/h2*5-15H,1-4H3;2*5-14H,1-4H3/q4*+1. The Balaban J connectivity index is 0.000000123.